The van der Waals surface area contributed by atoms with Crippen LogP contribution < -0.4 is 4.90 Å². The van der Waals surface area contributed by atoms with E-state index in [0.29, 0.717) is 31.0 Å². The Morgan fingerprint density at radius 3 is 2.35 bits per heavy atom. The largest absolute Gasteiger partial charge is 0.368 e. The van der Waals surface area contributed by atoms with Crippen LogP contribution in [0.2, 0.25) is 5.02 Å². The van der Waals surface area contributed by atoms with Crippen LogP contribution in [-0.2, 0) is 11.3 Å². The van der Waals surface area contributed by atoms with E-state index in [9.17, 15) is 9.59 Å². The van der Waals surface area contributed by atoms with Gasteiger partial charge in [-0.1, -0.05) is 60.1 Å². The van der Waals surface area contributed by atoms with E-state index >= 15 is 0 Å². The van der Waals surface area contributed by atoms with E-state index in [4.69, 9.17) is 11.6 Å². The Morgan fingerprint density at radius 2 is 1.65 bits per heavy atom. The number of rotatable bonds is 5. The Morgan fingerprint density at radius 1 is 0.912 bits per heavy atom. The van der Waals surface area contributed by atoms with Crippen LogP contribution in [-0.4, -0.2) is 53.5 Å². The molecular weight excluding hydrogens is 466 g/mol. The van der Waals surface area contributed by atoms with Crippen LogP contribution in [0.3, 0.4) is 0 Å². The molecular formula is C27H26ClN3O2S. The number of hydrogen-bond donors (Lipinski definition) is 0. The van der Waals surface area contributed by atoms with Crippen molar-refractivity contribution < 1.29 is 9.59 Å². The average Bonchev–Trinajstić information content (AvgIpc) is 3.24. The Kier molecular flexibility index (Phi) is 6.79. The number of thioether (sulfide) groups is 1. The molecule has 174 valence electrons. The van der Waals surface area contributed by atoms with Crippen molar-refractivity contribution in [2.24, 2.45) is 0 Å². The minimum absolute atomic E-state index is 0.0295. The van der Waals surface area contributed by atoms with Gasteiger partial charge in [0.05, 0.1) is 5.75 Å². The van der Waals surface area contributed by atoms with Crippen LogP contribution in [0.25, 0.3) is 0 Å². The van der Waals surface area contributed by atoms with Crippen LogP contribution in [0.15, 0.2) is 78.9 Å². The Hall–Kier alpha value is -2.96. The minimum atomic E-state index is -0.0295. The Balaban J connectivity index is 1.22. The van der Waals surface area contributed by atoms with Gasteiger partial charge in [-0.05, 0) is 41.5 Å². The van der Waals surface area contributed by atoms with E-state index in [1.807, 2.05) is 82.6 Å². The summed E-state index contributed by atoms with van der Waals surface area (Å²) in [6.45, 7) is 3.49. The molecule has 2 aliphatic rings. The van der Waals surface area contributed by atoms with Gasteiger partial charge < -0.3 is 14.7 Å². The summed E-state index contributed by atoms with van der Waals surface area (Å²) in [6.07, 6.45) is 0. The molecule has 2 heterocycles. The normalized spacial score (nSPS) is 18.4. The van der Waals surface area contributed by atoms with Crippen LogP contribution in [0.1, 0.15) is 26.9 Å². The predicted octanol–water partition coefficient (Wildman–Crippen LogP) is 5.08. The van der Waals surface area contributed by atoms with E-state index < -0.39 is 0 Å². The first kappa shape index (κ1) is 22.8. The van der Waals surface area contributed by atoms with Gasteiger partial charge in [-0.15, -0.1) is 11.8 Å². The van der Waals surface area contributed by atoms with Gasteiger partial charge in [-0.25, -0.2) is 0 Å². The summed E-state index contributed by atoms with van der Waals surface area (Å²) in [5, 5.41) is 0.693. The van der Waals surface area contributed by atoms with Crippen molar-refractivity contribution >= 4 is 40.9 Å². The minimum Gasteiger partial charge on any atom is -0.368 e. The highest BCUT2D eigenvalue weighted by atomic mass is 35.5. The first-order valence-corrected chi connectivity index (χ1v) is 12.9. The number of carbonyl (C=O) groups is 2. The second-order valence-corrected chi connectivity index (χ2v) is 10.1. The maximum absolute atomic E-state index is 13.1. The van der Waals surface area contributed by atoms with Crippen LogP contribution in [0.5, 0.6) is 0 Å². The van der Waals surface area contributed by atoms with E-state index in [1.54, 1.807) is 11.8 Å². The molecule has 0 radical (unpaired) electrons. The summed E-state index contributed by atoms with van der Waals surface area (Å²) >= 11 is 7.76. The van der Waals surface area contributed by atoms with Crippen molar-refractivity contribution in [2.75, 3.05) is 36.8 Å². The molecule has 5 nitrogen and oxygen atoms in total. The number of halogens is 1. The van der Waals surface area contributed by atoms with E-state index in [2.05, 4.69) is 11.0 Å². The zero-order chi connectivity index (χ0) is 23.5. The number of nitrogens with zero attached hydrogens (tertiary/aromatic N) is 3. The van der Waals surface area contributed by atoms with Gasteiger partial charge in [0.25, 0.3) is 5.91 Å². The Labute approximate surface area is 209 Å². The molecule has 0 saturated carbocycles. The van der Waals surface area contributed by atoms with Crippen molar-refractivity contribution in [3.05, 3.63) is 101 Å². The molecule has 0 aliphatic carbocycles. The fourth-order valence-electron chi connectivity index (χ4n) is 4.49. The third-order valence-electron chi connectivity index (χ3n) is 6.35. The highest BCUT2D eigenvalue weighted by Crippen LogP contribution is 2.39. The highest BCUT2D eigenvalue weighted by Gasteiger charge is 2.33. The molecule has 34 heavy (non-hydrogen) atoms. The smallest absolute Gasteiger partial charge is 0.253 e. The number of carbonyl (C=O) groups excluding carboxylic acids is 2. The number of amides is 2. The monoisotopic (exact) mass is 491 g/mol. The fourth-order valence-corrected chi connectivity index (χ4v) is 5.87. The summed E-state index contributed by atoms with van der Waals surface area (Å²) in [6, 6.07) is 25.7. The molecule has 0 spiro atoms. The lowest BCUT2D eigenvalue weighted by Gasteiger charge is -2.36. The first-order chi connectivity index (χ1) is 16.6. The van der Waals surface area contributed by atoms with Gasteiger partial charge in [0.2, 0.25) is 5.91 Å². The Bertz CT molecular complexity index is 1160. The van der Waals surface area contributed by atoms with E-state index in [1.165, 1.54) is 0 Å². The second-order valence-electron chi connectivity index (χ2n) is 8.55. The van der Waals surface area contributed by atoms with Crippen molar-refractivity contribution in [1.29, 1.82) is 0 Å². The molecule has 0 bridgehead atoms. The summed E-state index contributed by atoms with van der Waals surface area (Å²) < 4.78 is 0. The molecule has 0 N–H and O–H groups in total. The van der Waals surface area contributed by atoms with Crippen LogP contribution >= 0.6 is 23.4 Å². The summed E-state index contributed by atoms with van der Waals surface area (Å²) in [7, 11) is 0. The molecule has 5 rings (SSSR count). The number of piperazine rings is 1. The van der Waals surface area contributed by atoms with Crippen molar-refractivity contribution in [3.63, 3.8) is 0 Å². The van der Waals surface area contributed by atoms with Gasteiger partial charge in [0, 0.05) is 49.0 Å². The molecule has 0 unspecified atom stereocenters. The van der Waals surface area contributed by atoms with Gasteiger partial charge in [0.15, 0.2) is 0 Å². The number of anilines is 1. The van der Waals surface area contributed by atoms with E-state index in [0.717, 1.165) is 34.9 Å². The molecule has 3 aromatic rings. The van der Waals surface area contributed by atoms with Gasteiger partial charge >= 0.3 is 0 Å². The zero-order valence-corrected chi connectivity index (χ0v) is 20.3. The van der Waals surface area contributed by atoms with Crippen LogP contribution in [0.4, 0.5) is 5.69 Å². The van der Waals surface area contributed by atoms with Crippen molar-refractivity contribution in [3.8, 4) is 0 Å². The summed E-state index contributed by atoms with van der Waals surface area (Å²) in [4.78, 5) is 31.7. The predicted molar refractivity (Wildman–Crippen MR) is 138 cm³/mol. The van der Waals surface area contributed by atoms with Crippen molar-refractivity contribution in [1.82, 2.24) is 9.80 Å². The lowest BCUT2D eigenvalue weighted by molar-refractivity contribution is -0.128. The van der Waals surface area contributed by atoms with Gasteiger partial charge in [-0.2, -0.15) is 0 Å². The van der Waals surface area contributed by atoms with Crippen LogP contribution in [0, 0.1) is 0 Å². The number of benzene rings is 3. The lowest BCUT2D eigenvalue weighted by atomic mass is 10.1. The third-order valence-corrected chi connectivity index (χ3v) is 7.84. The molecule has 0 aromatic heterocycles. The quantitative estimate of drug-likeness (QED) is 0.499. The van der Waals surface area contributed by atoms with Crippen molar-refractivity contribution in [2.45, 2.75) is 11.9 Å². The molecule has 2 aliphatic heterocycles. The van der Waals surface area contributed by atoms with Gasteiger partial charge in [0.1, 0.15) is 5.37 Å². The highest BCUT2D eigenvalue weighted by molar-refractivity contribution is 8.00. The summed E-state index contributed by atoms with van der Waals surface area (Å²) in [5.74, 6) is 0.680. The first-order valence-electron chi connectivity index (χ1n) is 11.4. The number of hydrogen-bond acceptors (Lipinski definition) is 4. The topological polar surface area (TPSA) is 43.9 Å². The van der Waals surface area contributed by atoms with E-state index in [-0.39, 0.29) is 17.2 Å². The molecule has 3 aromatic carbocycles. The third kappa shape index (κ3) is 4.93. The van der Waals surface area contributed by atoms with Gasteiger partial charge in [-0.3, -0.25) is 9.59 Å². The average molecular weight is 492 g/mol. The molecule has 2 saturated heterocycles. The maximum atomic E-state index is 13.1. The second kappa shape index (κ2) is 10.1. The fraction of sp³-hybridized carbons (Fsp3) is 0.259. The molecule has 2 amide bonds. The SMILES string of the molecule is O=C(c1ccc([C@@H]2SCC(=O)N2Cc2ccccc2)cc1)N1CCN(c2cccc(Cl)c2)CC1. The molecule has 2 fully saturated rings. The standard InChI is InChI=1S/C27H26ClN3O2S/c28-23-7-4-8-24(17-23)29-13-15-30(16-14-29)26(33)21-9-11-22(12-10-21)27-31(25(32)19-34-27)18-20-5-2-1-3-6-20/h1-12,17,27H,13-16,18-19H2/t27-/m0/s1. The molecule has 1 atom stereocenters. The maximum Gasteiger partial charge on any atom is 0.253 e. The zero-order valence-electron chi connectivity index (χ0n) is 18.8. The molecule has 7 heteroatoms. The lowest BCUT2D eigenvalue weighted by Crippen LogP contribution is -2.48. The summed E-state index contributed by atoms with van der Waals surface area (Å²) in [5.41, 5.74) is 3.94.